The van der Waals surface area contributed by atoms with Gasteiger partial charge in [0.15, 0.2) is 0 Å². The predicted molar refractivity (Wildman–Crippen MR) is 102 cm³/mol. The van der Waals surface area contributed by atoms with Crippen LogP contribution in [0.2, 0.25) is 10.0 Å². The second-order valence-corrected chi connectivity index (χ2v) is 6.75. The summed E-state index contributed by atoms with van der Waals surface area (Å²) in [6, 6.07) is 12.4. The molecule has 0 saturated heterocycles. The Balaban J connectivity index is 1.70. The van der Waals surface area contributed by atoms with Crippen LogP contribution < -0.4 is 5.32 Å². The van der Waals surface area contributed by atoms with Crippen molar-refractivity contribution >= 4 is 46.0 Å². The van der Waals surface area contributed by atoms with E-state index < -0.39 is 5.97 Å². The summed E-state index contributed by atoms with van der Waals surface area (Å²) in [4.78, 5) is 26.6. The van der Waals surface area contributed by atoms with E-state index in [2.05, 4.69) is 10.3 Å². The average Bonchev–Trinajstić information content (AvgIpc) is 2.95. The Bertz CT molecular complexity index is 965. The third-order valence-corrected chi connectivity index (χ3v) is 4.56. The first-order valence-electron chi connectivity index (χ1n) is 7.98. The highest BCUT2D eigenvalue weighted by Crippen LogP contribution is 2.26. The number of aromatic carboxylic acids is 1. The normalized spacial score (nSPS) is 10.8. The smallest absolute Gasteiger partial charge is 0.352 e. The van der Waals surface area contributed by atoms with Gasteiger partial charge in [0.2, 0.25) is 5.91 Å². The molecule has 0 fully saturated rings. The monoisotopic (exact) mass is 390 g/mol. The van der Waals surface area contributed by atoms with Crippen LogP contribution in [0.5, 0.6) is 0 Å². The fourth-order valence-corrected chi connectivity index (χ4v) is 3.10. The summed E-state index contributed by atoms with van der Waals surface area (Å²) in [5, 5.41) is 14.0. The summed E-state index contributed by atoms with van der Waals surface area (Å²) in [6.07, 6.45) is 0.622. The first kappa shape index (κ1) is 18.3. The van der Waals surface area contributed by atoms with Crippen LogP contribution in [0.15, 0.2) is 42.5 Å². The van der Waals surface area contributed by atoms with Crippen LogP contribution in [0.3, 0.4) is 0 Å². The number of nitrogens with one attached hydrogen (secondary N) is 2. The van der Waals surface area contributed by atoms with Gasteiger partial charge in [0, 0.05) is 33.1 Å². The third-order valence-electron chi connectivity index (χ3n) is 4.07. The number of hydrogen-bond acceptors (Lipinski definition) is 2. The van der Waals surface area contributed by atoms with E-state index in [1.54, 1.807) is 30.3 Å². The van der Waals surface area contributed by atoms with Gasteiger partial charge in [-0.05, 0) is 42.3 Å². The largest absolute Gasteiger partial charge is 0.477 e. The van der Waals surface area contributed by atoms with Gasteiger partial charge in [-0.3, -0.25) is 4.79 Å². The van der Waals surface area contributed by atoms with Gasteiger partial charge < -0.3 is 15.4 Å². The number of aromatic nitrogens is 1. The second kappa shape index (κ2) is 7.81. The number of carbonyl (C=O) groups is 2. The molecule has 0 aliphatic carbocycles. The Labute approximate surface area is 159 Å². The van der Waals surface area contributed by atoms with Crippen LogP contribution in [0.1, 0.15) is 21.6 Å². The zero-order valence-corrected chi connectivity index (χ0v) is 15.2. The van der Waals surface area contributed by atoms with Gasteiger partial charge in [0.25, 0.3) is 0 Å². The minimum absolute atomic E-state index is 0.00937. The van der Waals surface area contributed by atoms with E-state index in [4.69, 9.17) is 23.2 Å². The Hall–Kier alpha value is -2.50. The maximum atomic E-state index is 12.3. The molecule has 0 atom stereocenters. The molecule has 5 nitrogen and oxygen atoms in total. The lowest BCUT2D eigenvalue weighted by molar-refractivity contribution is -0.120. The van der Waals surface area contributed by atoms with Crippen molar-refractivity contribution in [3.05, 3.63) is 69.3 Å². The molecule has 0 spiro atoms. The molecule has 26 heavy (non-hydrogen) atoms. The molecule has 134 valence electrons. The number of fused-ring (bicyclic) bond motifs is 1. The molecule has 3 N–H and O–H groups in total. The van der Waals surface area contributed by atoms with Gasteiger partial charge in [-0.1, -0.05) is 35.3 Å². The minimum atomic E-state index is -1.11. The molecule has 0 saturated carbocycles. The van der Waals surface area contributed by atoms with Crippen LogP contribution in [-0.2, 0) is 17.6 Å². The van der Waals surface area contributed by atoms with Gasteiger partial charge in [-0.2, -0.15) is 0 Å². The van der Waals surface area contributed by atoms with E-state index in [0.29, 0.717) is 39.5 Å². The number of hydrogen-bond donors (Lipinski definition) is 3. The summed E-state index contributed by atoms with van der Waals surface area (Å²) < 4.78 is 0. The number of halogens is 2. The fourth-order valence-electron chi connectivity index (χ4n) is 2.81. The number of benzene rings is 2. The number of rotatable bonds is 6. The van der Waals surface area contributed by atoms with Gasteiger partial charge in [0.05, 0.1) is 6.42 Å². The van der Waals surface area contributed by atoms with Crippen LogP contribution in [0.25, 0.3) is 10.9 Å². The summed E-state index contributed by atoms with van der Waals surface area (Å²) in [5.74, 6) is -1.36. The van der Waals surface area contributed by atoms with E-state index in [9.17, 15) is 14.7 Å². The van der Waals surface area contributed by atoms with Crippen LogP contribution >= 0.6 is 23.2 Å². The molecular formula is C19H16Cl2N2O3. The minimum Gasteiger partial charge on any atom is -0.477 e. The highest BCUT2D eigenvalue weighted by atomic mass is 35.5. The summed E-state index contributed by atoms with van der Waals surface area (Å²) >= 11 is 11.9. The molecule has 1 heterocycles. The number of carbonyl (C=O) groups excluding carboxylic acids is 1. The van der Waals surface area contributed by atoms with E-state index in [1.165, 1.54) is 0 Å². The summed E-state index contributed by atoms with van der Waals surface area (Å²) in [5.41, 5.74) is 2.13. The molecule has 3 rings (SSSR count). The highest BCUT2D eigenvalue weighted by Gasteiger charge is 2.19. The topological polar surface area (TPSA) is 82.2 Å². The molecule has 0 aliphatic rings. The fraction of sp³-hybridized carbons (Fsp3) is 0.158. The number of carboxylic acids is 1. The molecule has 0 radical (unpaired) electrons. The summed E-state index contributed by atoms with van der Waals surface area (Å²) in [6.45, 7) is 0.450. The summed E-state index contributed by atoms with van der Waals surface area (Å²) in [7, 11) is 0. The van der Waals surface area contributed by atoms with Crippen LogP contribution in [0.4, 0.5) is 0 Å². The molecule has 7 heteroatoms. The van der Waals surface area contributed by atoms with Crippen molar-refractivity contribution in [3.63, 3.8) is 0 Å². The van der Waals surface area contributed by atoms with Crippen molar-refractivity contribution in [2.24, 2.45) is 0 Å². The SMILES string of the molecule is O=C(Cc1c(C(=O)O)[nH]c2ccc(Cl)cc12)NCCc1ccc(Cl)cc1. The third kappa shape index (κ3) is 4.18. The van der Waals surface area contributed by atoms with Gasteiger partial charge in [-0.25, -0.2) is 4.79 Å². The molecule has 0 bridgehead atoms. The lowest BCUT2D eigenvalue weighted by Crippen LogP contribution is -2.27. The Morgan fingerprint density at radius 1 is 1.04 bits per heavy atom. The Morgan fingerprint density at radius 3 is 2.42 bits per heavy atom. The molecule has 1 amide bonds. The van der Waals surface area contributed by atoms with Gasteiger partial charge >= 0.3 is 5.97 Å². The number of aromatic amines is 1. The quantitative estimate of drug-likeness (QED) is 0.592. The molecule has 2 aromatic carbocycles. The van der Waals surface area contributed by atoms with Crippen LogP contribution in [0, 0.1) is 0 Å². The maximum absolute atomic E-state index is 12.3. The molecule has 0 unspecified atom stereocenters. The van der Waals surface area contributed by atoms with Crippen molar-refractivity contribution in [3.8, 4) is 0 Å². The standard InChI is InChI=1S/C19H16Cl2N2O3/c20-12-3-1-11(2-4-12)7-8-22-17(24)10-15-14-9-13(21)5-6-16(14)23-18(15)19(25)26/h1-6,9,23H,7-8,10H2,(H,22,24)(H,25,26). The van der Waals surface area contributed by atoms with Crippen molar-refractivity contribution in [1.29, 1.82) is 0 Å². The molecule has 0 aliphatic heterocycles. The predicted octanol–water partition coefficient (Wildman–Crippen LogP) is 4.07. The number of H-pyrrole nitrogens is 1. The number of carboxylic acid groups (broad SMARTS) is 1. The second-order valence-electron chi connectivity index (χ2n) is 5.88. The highest BCUT2D eigenvalue weighted by molar-refractivity contribution is 6.31. The van der Waals surface area contributed by atoms with E-state index in [1.807, 2.05) is 12.1 Å². The van der Waals surface area contributed by atoms with E-state index >= 15 is 0 Å². The van der Waals surface area contributed by atoms with Gasteiger partial charge in [0.1, 0.15) is 5.69 Å². The van der Waals surface area contributed by atoms with E-state index in [-0.39, 0.29) is 18.0 Å². The van der Waals surface area contributed by atoms with Crippen molar-refractivity contribution in [2.45, 2.75) is 12.8 Å². The zero-order chi connectivity index (χ0) is 18.7. The van der Waals surface area contributed by atoms with Crippen LogP contribution in [-0.4, -0.2) is 28.5 Å². The van der Waals surface area contributed by atoms with Gasteiger partial charge in [-0.15, -0.1) is 0 Å². The molecule has 1 aromatic heterocycles. The van der Waals surface area contributed by atoms with Crippen molar-refractivity contribution in [2.75, 3.05) is 6.54 Å². The van der Waals surface area contributed by atoms with E-state index in [0.717, 1.165) is 5.56 Å². The lowest BCUT2D eigenvalue weighted by Gasteiger charge is -2.06. The zero-order valence-electron chi connectivity index (χ0n) is 13.7. The first-order valence-corrected chi connectivity index (χ1v) is 8.74. The Kier molecular flexibility index (Phi) is 5.49. The van der Waals surface area contributed by atoms with Crippen molar-refractivity contribution in [1.82, 2.24) is 10.3 Å². The van der Waals surface area contributed by atoms with Crippen molar-refractivity contribution < 1.29 is 14.7 Å². The first-order chi connectivity index (χ1) is 12.4. The number of amides is 1. The molecule has 3 aromatic rings. The maximum Gasteiger partial charge on any atom is 0.352 e. The Morgan fingerprint density at radius 2 is 1.73 bits per heavy atom. The lowest BCUT2D eigenvalue weighted by atomic mass is 10.1. The molecular weight excluding hydrogens is 375 g/mol. The average molecular weight is 391 g/mol.